The molecule has 0 radical (unpaired) electrons. The third kappa shape index (κ3) is 3.58. The van der Waals surface area contributed by atoms with Crippen LogP contribution in [0.2, 0.25) is 0 Å². The number of nitrogens with zero attached hydrogens (tertiary/aromatic N) is 1. The predicted molar refractivity (Wildman–Crippen MR) is 75.6 cm³/mol. The number of amides is 1. The van der Waals surface area contributed by atoms with Crippen molar-refractivity contribution in [2.75, 3.05) is 20.2 Å². The molecule has 20 heavy (non-hydrogen) atoms. The van der Waals surface area contributed by atoms with Gasteiger partial charge in [0.25, 0.3) is 5.91 Å². The number of ether oxygens (including phenoxy) is 1. The number of benzene rings is 1. The molecule has 1 atom stereocenters. The highest BCUT2D eigenvalue weighted by Gasteiger charge is 2.21. The number of nitro benzene ring substituents is 1. The molecule has 1 aliphatic rings. The molecule has 2 rings (SSSR count). The maximum Gasteiger partial charge on any atom is 0.311 e. The van der Waals surface area contributed by atoms with Gasteiger partial charge >= 0.3 is 5.69 Å². The van der Waals surface area contributed by atoms with E-state index in [0.29, 0.717) is 0 Å². The molecule has 0 spiro atoms. The lowest BCUT2D eigenvalue weighted by molar-refractivity contribution is -0.385. The highest BCUT2D eigenvalue weighted by molar-refractivity contribution is 5.95. The van der Waals surface area contributed by atoms with Gasteiger partial charge in [0.2, 0.25) is 0 Å². The Morgan fingerprint density at radius 2 is 2.30 bits per heavy atom. The normalized spacial score (nSPS) is 17.1. The van der Waals surface area contributed by atoms with Crippen LogP contribution in [0.1, 0.15) is 16.8 Å². The zero-order valence-corrected chi connectivity index (χ0v) is 11.7. The molecule has 1 saturated heterocycles. The molecule has 0 aromatic heterocycles. The van der Waals surface area contributed by atoms with Crippen molar-refractivity contribution in [2.24, 2.45) is 0 Å². The molecule has 1 aliphatic heterocycles. The van der Waals surface area contributed by atoms with Crippen LogP contribution in [0.25, 0.3) is 0 Å². The summed E-state index contributed by atoms with van der Waals surface area (Å²) in [4.78, 5) is 22.3. The van der Waals surface area contributed by atoms with Gasteiger partial charge in [0.15, 0.2) is 5.75 Å². The average molecular weight is 302 g/mol. The Hall–Kier alpha value is -1.86. The summed E-state index contributed by atoms with van der Waals surface area (Å²) in [6.07, 6.45) is 0.865. The molecule has 1 amide bonds. The third-order valence-corrected chi connectivity index (χ3v) is 3.03. The highest BCUT2D eigenvalue weighted by atomic mass is 35.5. The van der Waals surface area contributed by atoms with Crippen LogP contribution in [0.15, 0.2) is 18.2 Å². The van der Waals surface area contributed by atoms with E-state index >= 15 is 0 Å². The van der Waals surface area contributed by atoms with Gasteiger partial charge in [-0.2, -0.15) is 0 Å². The van der Waals surface area contributed by atoms with Crippen molar-refractivity contribution in [1.82, 2.24) is 10.6 Å². The lowest BCUT2D eigenvalue weighted by Gasteiger charge is -2.11. The first-order valence-corrected chi connectivity index (χ1v) is 5.96. The topological polar surface area (TPSA) is 93.5 Å². The van der Waals surface area contributed by atoms with E-state index in [1.165, 1.54) is 25.3 Å². The second kappa shape index (κ2) is 7.06. The standard InChI is InChI=1S/C12H15N3O4.ClH/c1-19-11-3-2-8(6-10(11)15(17)18)12(16)14-9-4-5-13-7-9;/h2-3,6,9,13H,4-5,7H2,1H3,(H,14,16);1H. The minimum absolute atomic E-state index is 0. The molecular formula is C12H16ClN3O4. The van der Waals surface area contributed by atoms with Gasteiger partial charge in [0.05, 0.1) is 12.0 Å². The van der Waals surface area contributed by atoms with Gasteiger partial charge in [-0.05, 0) is 25.1 Å². The molecule has 1 aromatic carbocycles. The van der Waals surface area contributed by atoms with Gasteiger partial charge in [-0.1, -0.05) is 0 Å². The fourth-order valence-corrected chi connectivity index (χ4v) is 2.02. The lowest BCUT2D eigenvalue weighted by Crippen LogP contribution is -2.36. The summed E-state index contributed by atoms with van der Waals surface area (Å²) in [5.41, 5.74) is 0.0547. The summed E-state index contributed by atoms with van der Waals surface area (Å²) < 4.78 is 4.89. The van der Waals surface area contributed by atoms with Crippen molar-refractivity contribution < 1.29 is 14.5 Å². The number of rotatable bonds is 4. The highest BCUT2D eigenvalue weighted by Crippen LogP contribution is 2.27. The van der Waals surface area contributed by atoms with E-state index in [-0.39, 0.29) is 41.4 Å². The first-order valence-electron chi connectivity index (χ1n) is 5.96. The first-order chi connectivity index (χ1) is 9.11. The maximum absolute atomic E-state index is 12.0. The number of carbonyl (C=O) groups excluding carboxylic acids is 1. The van der Waals surface area contributed by atoms with Gasteiger partial charge in [-0.3, -0.25) is 14.9 Å². The number of hydrogen-bond donors (Lipinski definition) is 2. The number of hydrogen-bond acceptors (Lipinski definition) is 5. The van der Waals surface area contributed by atoms with Crippen molar-refractivity contribution in [1.29, 1.82) is 0 Å². The van der Waals surface area contributed by atoms with Crippen LogP contribution in [0, 0.1) is 10.1 Å². The van der Waals surface area contributed by atoms with Gasteiger partial charge < -0.3 is 15.4 Å². The van der Waals surface area contributed by atoms with E-state index in [2.05, 4.69) is 10.6 Å². The van der Waals surface area contributed by atoms with E-state index in [1.807, 2.05) is 0 Å². The van der Waals surface area contributed by atoms with Crippen LogP contribution >= 0.6 is 12.4 Å². The van der Waals surface area contributed by atoms with E-state index in [1.54, 1.807) is 0 Å². The molecule has 0 saturated carbocycles. The number of nitro groups is 1. The Morgan fingerprint density at radius 1 is 1.55 bits per heavy atom. The van der Waals surface area contributed by atoms with Crippen molar-refractivity contribution in [3.05, 3.63) is 33.9 Å². The van der Waals surface area contributed by atoms with Gasteiger partial charge in [0, 0.05) is 24.2 Å². The number of nitrogens with one attached hydrogen (secondary N) is 2. The summed E-state index contributed by atoms with van der Waals surface area (Å²) in [6, 6.07) is 4.26. The van der Waals surface area contributed by atoms with Crippen LogP contribution in [0.4, 0.5) is 5.69 Å². The fraction of sp³-hybridized carbons (Fsp3) is 0.417. The molecule has 2 N–H and O–H groups in total. The number of carbonyl (C=O) groups is 1. The van der Waals surface area contributed by atoms with Crippen LogP contribution in [0.5, 0.6) is 5.75 Å². The Kier molecular flexibility index (Phi) is 5.72. The van der Waals surface area contributed by atoms with E-state index in [9.17, 15) is 14.9 Å². The molecule has 1 fully saturated rings. The second-order valence-corrected chi connectivity index (χ2v) is 4.31. The van der Waals surface area contributed by atoms with Crippen molar-refractivity contribution in [3.63, 3.8) is 0 Å². The summed E-state index contributed by atoms with van der Waals surface area (Å²) in [7, 11) is 1.35. The molecule has 1 unspecified atom stereocenters. The van der Waals surface area contributed by atoms with Crippen molar-refractivity contribution >= 4 is 24.0 Å². The summed E-state index contributed by atoms with van der Waals surface area (Å²) in [6.45, 7) is 1.59. The first kappa shape index (κ1) is 16.2. The second-order valence-electron chi connectivity index (χ2n) is 4.31. The van der Waals surface area contributed by atoms with Crippen LogP contribution < -0.4 is 15.4 Å². The molecule has 8 heteroatoms. The monoisotopic (exact) mass is 301 g/mol. The van der Waals surface area contributed by atoms with E-state index in [4.69, 9.17) is 4.74 Å². The molecular weight excluding hydrogens is 286 g/mol. The lowest BCUT2D eigenvalue weighted by atomic mass is 10.1. The Balaban J connectivity index is 0.00000200. The molecule has 0 aliphatic carbocycles. The molecule has 110 valence electrons. The predicted octanol–water partition coefficient (Wildman–Crippen LogP) is 1.12. The van der Waals surface area contributed by atoms with Gasteiger partial charge in [-0.25, -0.2) is 0 Å². The summed E-state index contributed by atoms with van der Waals surface area (Å²) in [5.74, 6) is -0.163. The largest absolute Gasteiger partial charge is 0.490 e. The van der Waals surface area contributed by atoms with Crippen molar-refractivity contribution in [3.8, 4) is 5.75 Å². The van der Waals surface area contributed by atoms with Gasteiger partial charge in [-0.15, -0.1) is 12.4 Å². The minimum atomic E-state index is -0.563. The third-order valence-electron chi connectivity index (χ3n) is 3.03. The Bertz CT molecular complexity index is 503. The molecule has 7 nitrogen and oxygen atoms in total. The van der Waals surface area contributed by atoms with E-state index in [0.717, 1.165) is 19.5 Å². The van der Waals surface area contributed by atoms with Crippen LogP contribution in [-0.2, 0) is 0 Å². The number of halogens is 1. The Labute approximate surface area is 122 Å². The minimum Gasteiger partial charge on any atom is -0.490 e. The quantitative estimate of drug-likeness (QED) is 0.642. The Morgan fingerprint density at radius 3 is 2.85 bits per heavy atom. The fourth-order valence-electron chi connectivity index (χ4n) is 2.02. The van der Waals surface area contributed by atoms with Crippen LogP contribution in [0.3, 0.4) is 0 Å². The molecule has 1 aromatic rings. The zero-order chi connectivity index (χ0) is 13.8. The number of methoxy groups -OCH3 is 1. The van der Waals surface area contributed by atoms with Gasteiger partial charge in [0.1, 0.15) is 0 Å². The maximum atomic E-state index is 12.0. The molecule has 0 bridgehead atoms. The summed E-state index contributed by atoms with van der Waals surface area (Å²) >= 11 is 0. The molecule has 1 heterocycles. The average Bonchev–Trinajstić information content (AvgIpc) is 2.90. The van der Waals surface area contributed by atoms with Crippen LogP contribution in [-0.4, -0.2) is 37.1 Å². The zero-order valence-electron chi connectivity index (χ0n) is 10.9. The SMILES string of the molecule is COc1ccc(C(=O)NC2CCNC2)cc1[N+](=O)[O-].Cl. The smallest absolute Gasteiger partial charge is 0.311 e. The van der Waals surface area contributed by atoms with Crippen molar-refractivity contribution in [2.45, 2.75) is 12.5 Å². The van der Waals surface area contributed by atoms with E-state index < -0.39 is 4.92 Å². The summed E-state index contributed by atoms with van der Waals surface area (Å²) in [5, 5.41) is 16.9.